The molecule has 268 valence electrons. The Kier molecular flexibility index (Phi) is 11.1. The lowest BCUT2D eigenvalue weighted by Gasteiger charge is -2.39. The molecule has 5 rings (SSSR count). The quantitative estimate of drug-likeness (QED) is 0.116. The molecule has 0 saturated carbocycles. The van der Waals surface area contributed by atoms with Gasteiger partial charge in [0, 0.05) is 17.2 Å². The van der Waals surface area contributed by atoms with Crippen LogP contribution in [0.15, 0.2) is 51.2 Å². The van der Waals surface area contributed by atoms with Gasteiger partial charge in [-0.15, -0.1) is 0 Å². The lowest BCUT2D eigenvalue weighted by atomic mass is 9.99. The number of aromatic hydroxyl groups is 1. The molecule has 10 unspecified atom stereocenters. The van der Waals surface area contributed by atoms with Crippen molar-refractivity contribution in [3.8, 4) is 34.3 Å². The van der Waals surface area contributed by atoms with Crippen LogP contribution < -0.4 is 19.6 Å². The number of ether oxygens (including phenoxy) is 5. The van der Waals surface area contributed by atoms with Gasteiger partial charge in [-0.2, -0.15) is 0 Å². The summed E-state index contributed by atoms with van der Waals surface area (Å²) in [6.07, 6.45) is -14.9. The number of hydrogen-bond acceptors (Lipinski definition) is 16. The number of phenols is 1. The predicted octanol–water partition coefficient (Wildman–Crippen LogP) is -0.960. The summed E-state index contributed by atoms with van der Waals surface area (Å²) in [5, 5.41) is 92.6. The van der Waals surface area contributed by atoms with Gasteiger partial charge < -0.3 is 74.1 Å². The molecular formula is C33H40O16. The van der Waals surface area contributed by atoms with Crippen LogP contribution in [0.4, 0.5) is 0 Å². The Morgan fingerprint density at radius 2 is 1.37 bits per heavy atom. The Morgan fingerprint density at radius 1 is 0.816 bits per heavy atom. The fourth-order valence-electron chi connectivity index (χ4n) is 5.57. The van der Waals surface area contributed by atoms with Crippen molar-refractivity contribution in [3.63, 3.8) is 0 Å². The summed E-state index contributed by atoms with van der Waals surface area (Å²) in [4.78, 5) is 14.3. The number of phenolic OH excluding ortho intramolecular Hbond substituents is 1. The minimum Gasteiger partial charge on any atom is -0.507 e. The Morgan fingerprint density at radius 3 is 1.88 bits per heavy atom. The molecule has 2 fully saturated rings. The molecule has 2 aliphatic heterocycles. The highest BCUT2D eigenvalue weighted by Crippen LogP contribution is 2.41. The van der Waals surface area contributed by atoms with Crippen molar-refractivity contribution in [1.82, 2.24) is 0 Å². The Bertz CT molecular complexity index is 1700. The van der Waals surface area contributed by atoms with Crippen LogP contribution in [0, 0.1) is 0 Å². The first kappa shape index (κ1) is 36.5. The van der Waals surface area contributed by atoms with Crippen LogP contribution in [0.25, 0.3) is 22.3 Å². The zero-order chi connectivity index (χ0) is 35.7. The first-order valence-electron chi connectivity index (χ1n) is 15.4. The molecule has 2 saturated heterocycles. The number of rotatable bonds is 10. The number of fused-ring (bicyclic) bond motifs is 1. The molecule has 3 aromatic rings. The van der Waals surface area contributed by atoms with Crippen molar-refractivity contribution < 1.29 is 74.1 Å². The fourth-order valence-corrected chi connectivity index (χ4v) is 5.57. The van der Waals surface area contributed by atoms with Gasteiger partial charge in [-0.3, -0.25) is 4.79 Å². The zero-order valence-corrected chi connectivity index (χ0v) is 26.7. The second-order valence-electron chi connectivity index (χ2n) is 12.0. The zero-order valence-electron chi connectivity index (χ0n) is 26.7. The van der Waals surface area contributed by atoms with Crippen LogP contribution in [-0.2, 0) is 15.9 Å². The van der Waals surface area contributed by atoms with E-state index in [1.807, 2.05) is 13.8 Å². The molecule has 2 aromatic carbocycles. The van der Waals surface area contributed by atoms with E-state index in [1.165, 1.54) is 19.2 Å². The number of hydrogen-bond donors (Lipinski definition) is 9. The number of methoxy groups -OCH3 is 1. The standard InChI is InChI=1S/C33H40O16/c1-13(2)4-9-16-18(45-32-27(42)25(40)22(37)19(11-34)46-32)10-17(36)21-24(39)31(49-33-28(43)26(41)23(38)20(12-35)47-33)29(48-30(16)21)14-5-7-15(44-3)8-6-14/h4-8,10,19-20,22-23,25-28,32-38,40-43H,9,11-12H2,1-3H3. The van der Waals surface area contributed by atoms with E-state index in [4.69, 9.17) is 28.1 Å². The van der Waals surface area contributed by atoms with Gasteiger partial charge in [-0.05, 0) is 44.5 Å². The summed E-state index contributed by atoms with van der Waals surface area (Å²) >= 11 is 0. The van der Waals surface area contributed by atoms with E-state index in [-0.39, 0.29) is 34.6 Å². The van der Waals surface area contributed by atoms with Crippen molar-refractivity contribution >= 4 is 11.0 Å². The van der Waals surface area contributed by atoms with E-state index in [0.717, 1.165) is 11.6 Å². The molecular weight excluding hydrogens is 652 g/mol. The molecule has 0 amide bonds. The number of aliphatic hydroxyl groups is 8. The van der Waals surface area contributed by atoms with E-state index in [0.29, 0.717) is 5.75 Å². The summed E-state index contributed by atoms with van der Waals surface area (Å²) in [6.45, 7) is 2.15. The second-order valence-corrected chi connectivity index (χ2v) is 12.0. The topological polar surface area (TPSA) is 258 Å². The molecule has 10 atom stereocenters. The molecule has 3 heterocycles. The largest absolute Gasteiger partial charge is 0.507 e. The minimum absolute atomic E-state index is 0.0454. The lowest BCUT2D eigenvalue weighted by Crippen LogP contribution is -2.60. The average molecular weight is 693 g/mol. The second kappa shape index (κ2) is 15.0. The first-order valence-corrected chi connectivity index (χ1v) is 15.4. The summed E-state index contributed by atoms with van der Waals surface area (Å²) in [7, 11) is 1.45. The van der Waals surface area contributed by atoms with E-state index < -0.39 is 96.9 Å². The van der Waals surface area contributed by atoms with Gasteiger partial charge in [0.15, 0.2) is 5.76 Å². The maximum absolute atomic E-state index is 14.3. The Balaban J connectivity index is 1.71. The van der Waals surface area contributed by atoms with E-state index in [9.17, 15) is 50.8 Å². The molecule has 0 spiro atoms. The van der Waals surface area contributed by atoms with Crippen LogP contribution in [0.3, 0.4) is 0 Å². The van der Waals surface area contributed by atoms with Crippen molar-refractivity contribution in [2.24, 2.45) is 0 Å². The van der Waals surface area contributed by atoms with Crippen LogP contribution >= 0.6 is 0 Å². The van der Waals surface area contributed by atoms with Crippen LogP contribution in [0.2, 0.25) is 0 Å². The SMILES string of the molecule is COc1ccc(-c2oc3c(CC=C(C)C)c(OC4OC(CO)C(O)C(O)C4O)cc(O)c3c(=O)c2OC2OC(CO)C(O)C(O)C2O)cc1. The highest BCUT2D eigenvalue weighted by atomic mass is 16.7. The Hall–Kier alpha value is -3.81. The summed E-state index contributed by atoms with van der Waals surface area (Å²) < 4.78 is 34.3. The normalized spacial score (nSPS) is 30.2. The van der Waals surface area contributed by atoms with Gasteiger partial charge in [0.05, 0.1) is 20.3 Å². The maximum Gasteiger partial charge on any atom is 0.239 e. The average Bonchev–Trinajstić information content (AvgIpc) is 3.09. The third kappa shape index (κ3) is 7.11. The smallest absolute Gasteiger partial charge is 0.239 e. The van der Waals surface area contributed by atoms with Crippen molar-refractivity contribution in [2.75, 3.05) is 20.3 Å². The first-order chi connectivity index (χ1) is 23.3. The van der Waals surface area contributed by atoms with Crippen molar-refractivity contribution in [3.05, 3.63) is 57.8 Å². The molecule has 0 aliphatic carbocycles. The predicted molar refractivity (Wildman–Crippen MR) is 168 cm³/mol. The van der Waals surface area contributed by atoms with Crippen LogP contribution in [0.5, 0.6) is 23.0 Å². The number of benzene rings is 2. The third-order valence-corrected chi connectivity index (χ3v) is 8.41. The highest BCUT2D eigenvalue weighted by Gasteiger charge is 2.46. The fraction of sp³-hybridized carbons (Fsp3) is 0.485. The van der Waals surface area contributed by atoms with Gasteiger partial charge in [-0.25, -0.2) is 0 Å². The number of aliphatic hydroxyl groups excluding tert-OH is 8. The number of allylic oxidation sites excluding steroid dienone is 2. The van der Waals surface area contributed by atoms with Crippen molar-refractivity contribution in [2.45, 2.75) is 81.7 Å². The van der Waals surface area contributed by atoms with E-state index in [2.05, 4.69) is 0 Å². The van der Waals surface area contributed by atoms with Crippen molar-refractivity contribution in [1.29, 1.82) is 0 Å². The van der Waals surface area contributed by atoms with Gasteiger partial charge >= 0.3 is 0 Å². The van der Waals surface area contributed by atoms with E-state index in [1.54, 1.807) is 18.2 Å². The van der Waals surface area contributed by atoms with Gasteiger partial charge in [0.2, 0.25) is 23.8 Å². The van der Waals surface area contributed by atoms with Crippen LogP contribution in [0.1, 0.15) is 19.4 Å². The lowest BCUT2D eigenvalue weighted by molar-refractivity contribution is -0.277. The molecule has 0 bridgehead atoms. The molecule has 0 radical (unpaired) electrons. The van der Waals surface area contributed by atoms with Gasteiger partial charge in [0.25, 0.3) is 0 Å². The summed E-state index contributed by atoms with van der Waals surface area (Å²) in [5.41, 5.74) is 0.151. The summed E-state index contributed by atoms with van der Waals surface area (Å²) in [6, 6.07) is 7.26. The van der Waals surface area contributed by atoms with Crippen LogP contribution in [-0.4, -0.2) is 128 Å². The molecule has 9 N–H and O–H groups in total. The molecule has 16 heteroatoms. The monoisotopic (exact) mass is 692 g/mol. The molecule has 16 nitrogen and oxygen atoms in total. The molecule has 2 aliphatic rings. The minimum atomic E-state index is -1.88. The molecule has 1 aromatic heterocycles. The third-order valence-electron chi connectivity index (χ3n) is 8.41. The van der Waals surface area contributed by atoms with Gasteiger partial charge in [0.1, 0.15) is 77.0 Å². The van der Waals surface area contributed by atoms with E-state index >= 15 is 0 Å². The van der Waals surface area contributed by atoms with Gasteiger partial charge in [-0.1, -0.05) is 11.6 Å². The summed E-state index contributed by atoms with van der Waals surface area (Å²) in [5.74, 6) is -1.14. The highest BCUT2D eigenvalue weighted by molar-refractivity contribution is 5.91. The Labute approximate surface area is 279 Å². The molecule has 49 heavy (non-hydrogen) atoms. The maximum atomic E-state index is 14.3.